The third-order valence-corrected chi connectivity index (χ3v) is 5.13. The second kappa shape index (κ2) is 9.43. The molecule has 0 unspecified atom stereocenters. The molecule has 2 aromatic rings. The third-order valence-electron chi connectivity index (χ3n) is 5.13. The van der Waals surface area contributed by atoms with Gasteiger partial charge in [-0.05, 0) is 57.0 Å². The summed E-state index contributed by atoms with van der Waals surface area (Å²) >= 11 is 0. The highest BCUT2D eigenvalue weighted by atomic mass is 16.2. The first-order valence-electron chi connectivity index (χ1n) is 9.50. The molecule has 1 aliphatic rings. The lowest BCUT2D eigenvalue weighted by Gasteiger charge is -2.27. The molecule has 5 heteroatoms. The summed E-state index contributed by atoms with van der Waals surface area (Å²) in [5.74, 6) is 0.253. The van der Waals surface area contributed by atoms with E-state index in [1.54, 1.807) is 6.20 Å². The van der Waals surface area contributed by atoms with Crippen molar-refractivity contribution in [1.29, 1.82) is 0 Å². The van der Waals surface area contributed by atoms with Crippen molar-refractivity contribution < 1.29 is 4.79 Å². The molecule has 1 fully saturated rings. The van der Waals surface area contributed by atoms with Gasteiger partial charge >= 0.3 is 0 Å². The van der Waals surface area contributed by atoms with Gasteiger partial charge in [0.15, 0.2) is 0 Å². The molecule has 1 amide bonds. The SMILES string of the molecule is CN(Cc1ccccn1)[C@@H]1CCCN(C(=O)CCc2ccccn2)CC1. The predicted octanol–water partition coefficient (Wildman–Crippen LogP) is 2.92. The zero-order valence-electron chi connectivity index (χ0n) is 15.6. The van der Waals surface area contributed by atoms with Crippen LogP contribution in [0.5, 0.6) is 0 Å². The minimum atomic E-state index is 0.253. The van der Waals surface area contributed by atoms with Gasteiger partial charge in [0.1, 0.15) is 0 Å². The average molecular weight is 352 g/mol. The highest BCUT2D eigenvalue weighted by molar-refractivity contribution is 5.76. The molecular formula is C21H28N4O. The van der Waals surface area contributed by atoms with E-state index < -0.39 is 0 Å². The molecule has 138 valence electrons. The summed E-state index contributed by atoms with van der Waals surface area (Å²) in [5.41, 5.74) is 2.09. The molecular weight excluding hydrogens is 324 g/mol. The Morgan fingerprint density at radius 2 is 1.81 bits per heavy atom. The molecule has 1 atom stereocenters. The molecule has 26 heavy (non-hydrogen) atoms. The van der Waals surface area contributed by atoms with Crippen molar-refractivity contribution in [2.24, 2.45) is 0 Å². The number of aromatic nitrogens is 2. The molecule has 5 nitrogen and oxygen atoms in total. The summed E-state index contributed by atoms with van der Waals surface area (Å²) in [6.45, 7) is 2.58. The Balaban J connectivity index is 1.47. The maximum Gasteiger partial charge on any atom is 0.222 e. The Kier molecular flexibility index (Phi) is 6.72. The fraction of sp³-hybridized carbons (Fsp3) is 0.476. The van der Waals surface area contributed by atoms with Crippen LogP contribution in [0.1, 0.15) is 37.1 Å². The first kappa shape index (κ1) is 18.5. The highest BCUT2D eigenvalue weighted by Crippen LogP contribution is 2.18. The van der Waals surface area contributed by atoms with Gasteiger partial charge in [-0.2, -0.15) is 0 Å². The molecule has 3 rings (SSSR count). The fourth-order valence-electron chi connectivity index (χ4n) is 3.58. The first-order valence-corrected chi connectivity index (χ1v) is 9.50. The zero-order chi connectivity index (χ0) is 18.2. The van der Waals surface area contributed by atoms with Gasteiger partial charge in [-0.15, -0.1) is 0 Å². The lowest BCUT2D eigenvalue weighted by Crippen LogP contribution is -2.35. The molecule has 0 bridgehead atoms. The van der Waals surface area contributed by atoms with Crippen LogP contribution >= 0.6 is 0 Å². The third kappa shape index (κ3) is 5.36. The second-order valence-electron chi connectivity index (χ2n) is 7.02. The van der Waals surface area contributed by atoms with Crippen molar-refractivity contribution in [3.8, 4) is 0 Å². The molecule has 1 saturated heterocycles. The van der Waals surface area contributed by atoms with E-state index in [1.807, 2.05) is 41.4 Å². The van der Waals surface area contributed by atoms with Crippen LogP contribution in [0.4, 0.5) is 0 Å². The number of hydrogen-bond donors (Lipinski definition) is 0. The molecule has 0 spiro atoms. The van der Waals surface area contributed by atoms with Crippen molar-refractivity contribution in [3.05, 3.63) is 60.2 Å². The van der Waals surface area contributed by atoms with Crippen LogP contribution in [-0.2, 0) is 17.8 Å². The van der Waals surface area contributed by atoms with Crippen molar-refractivity contribution in [2.45, 2.75) is 44.7 Å². The number of pyridine rings is 2. The smallest absolute Gasteiger partial charge is 0.222 e. The first-order chi connectivity index (χ1) is 12.7. The van der Waals surface area contributed by atoms with Gasteiger partial charge in [-0.25, -0.2) is 0 Å². The van der Waals surface area contributed by atoms with E-state index >= 15 is 0 Å². The monoisotopic (exact) mass is 352 g/mol. The zero-order valence-corrected chi connectivity index (χ0v) is 15.6. The molecule has 0 saturated carbocycles. The Labute approximate surface area is 156 Å². The van der Waals surface area contributed by atoms with Gasteiger partial charge in [-0.3, -0.25) is 19.7 Å². The summed E-state index contributed by atoms with van der Waals surface area (Å²) < 4.78 is 0. The molecule has 0 radical (unpaired) electrons. The number of amides is 1. The standard InChI is InChI=1S/C21H28N4O/c1-24(17-19-8-3-5-14-23-19)20-9-6-15-25(16-12-20)21(26)11-10-18-7-2-4-13-22-18/h2-5,7-8,13-14,20H,6,9-12,15-17H2,1H3/t20-/m1/s1. The number of nitrogens with zero attached hydrogens (tertiary/aromatic N) is 4. The largest absolute Gasteiger partial charge is 0.343 e. The number of carbonyl (C=O) groups excluding carboxylic acids is 1. The van der Waals surface area contributed by atoms with Crippen molar-refractivity contribution >= 4 is 5.91 Å². The maximum atomic E-state index is 12.6. The maximum absolute atomic E-state index is 12.6. The van der Waals surface area contributed by atoms with E-state index in [4.69, 9.17) is 0 Å². The molecule has 0 N–H and O–H groups in total. The van der Waals surface area contributed by atoms with Gasteiger partial charge in [0.2, 0.25) is 5.91 Å². The summed E-state index contributed by atoms with van der Waals surface area (Å²) in [4.78, 5) is 25.7. The topological polar surface area (TPSA) is 49.3 Å². The van der Waals surface area contributed by atoms with E-state index in [0.29, 0.717) is 12.5 Å². The minimum absolute atomic E-state index is 0.253. The molecule has 0 aliphatic carbocycles. The van der Waals surface area contributed by atoms with Crippen molar-refractivity contribution in [3.63, 3.8) is 0 Å². The van der Waals surface area contributed by atoms with E-state index in [9.17, 15) is 4.79 Å². The van der Waals surface area contributed by atoms with E-state index in [-0.39, 0.29) is 5.91 Å². The molecule has 1 aliphatic heterocycles. The van der Waals surface area contributed by atoms with E-state index in [2.05, 4.69) is 28.0 Å². The summed E-state index contributed by atoms with van der Waals surface area (Å²) in [5, 5.41) is 0. The Morgan fingerprint density at radius 1 is 1.08 bits per heavy atom. The number of rotatable bonds is 6. The van der Waals surface area contributed by atoms with Gasteiger partial charge in [0.05, 0.1) is 5.69 Å². The normalized spacial score (nSPS) is 17.9. The lowest BCUT2D eigenvalue weighted by molar-refractivity contribution is -0.131. The number of aryl methyl sites for hydroxylation is 1. The quantitative estimate of drug-likeness (QED) is 0.802. The van der Waals surface area contributed by atoms with Crippen LogP contribution < -0.4 is 0 Å². The van der Waals surface area contributed by atoms with Gasteiger partial charge in [-0.1, -0.05) is 12.1 Å². The Hall–Kier alpha value is -2.27. The van der Waals surface area contributed by atoms with Crippen molar-refractivity contribution in [1.82, 2.24) is 19.8 Å². The second-order valence-corrected chi connectivity index (χ2v) is 7.02. The molecule has 3 heterocycles. The molecule has 0 aromatic carbocycles. The lowest BCUT2D eigenvalue weighted by atomic mass is 10.1. The van der Waals surface area contributed by atoms with Crippen LogP contribution in [0.15, 0.2) is 48.8 Å². The predicted molar refractivity (Wildman–Crippen MR) is 102 cm³/mol. The highest BCUT2D eigenvalue weighted by Gasteiger charge is 2.23. The van der Waals surface area contributed by atoms with Crippen LogP contribution in [0.3, 0.4) is 0 Å². The van der Waals surface area contributed by atoms with E-state index in [0.717, 1.165) is 56.7 Å². The number of carbonyl (C=O) groups is 1. The Bertz CT molecular complexity index is 677. The van der Waals surface area contributed by atoms with Crippen molar-refractivity contribution in [2.75, 3.05) is 20.1 Å². The Morgan fingerprint density at radius 3 is 2.50 bits per heavy atom. The summed E-state index contributed by atoms with van der Waals surface area (Å²) in [6, 6.07) is 12.4. The average Bonchev–Trinajstić information content (AvgIpc) is 2.94. The number of likely N-dealkylation sites (tertiary alicyclic amines) is 1. The summed E-state index contributed by atoms with van der Waals surface area (Å²) in [6.07, 6.45) is 8.12. The van der Waals surface area contributed by atoms with Gasteiger partial charge < -0.3 is 4.90 Å². The van der Waals surface area contributed by atoms with Gasteiger partial charge in [0.25, 0.3) is 0 Å². The van der Waals surface area contributed by atoms with Crippen LogP contribution in [0.25, 0.3) is 0 Å². The van der Waals surface area contributed by atoms with Crippen LogP contribution in [0.2, 0.25) is 0 Å². The minimum Gasteiger partial charge on any atom is -0.343 e. The number of hydrogen-bond acceptors (Lipinski definition) is 4. The van der Waals surface area contributed by atoms with Crippen LogP contribution in [0, 0.1) is 0 Å². The van der Waals surface area contributed by atoms with Gasteiger partial charge in [0, 0.05) is 50.2 Å². The summed E-state index contributed by atoms with van der Waals surface area (Å²) in [7, 11) is 2.16. The molecule has 2 aromatic heterocycles. The fourth-order valence-corrected chi connectivity index (χ4v) is 3.58. The van der Waals surface area contributed by atoms with E-state index in [1.165, 1.54) is 0 Å². The van der Waals surface area contributed by atoms with Crippen LogP contribution in [-0.4, -0.2) is 51.9 Å².